The Morgan fingerprint density at radius 1 is 1.21 bits per heavy atom. The summed E-state index contributed by atoms with van der Waals surface area (Å²) in [5, 5.41) is 9.72. The fraction of sp³-hybridized carbons (Fsp3) is 0.364. The number of aromatic nitrogens is 1. The number of carboxylic acid groups (broad SMARTS) is 1. The molecule has 1 aromatic heterocycles. The predicted molar refractivity (Wildman–Crippen MR) is 105 cm³/mol. The molecule has 3 amide bonds. The Morgan fingerprint density at radius 3 is 2.66 bits per heavy atom. The summed E-state index contributed by atoms with van der Waals surface area (Å²) in [5.74, 6) is -2.31. The van der Waals surface area contributed by atoms with Crippen LogP contribution in [-0.4, -0.2) is 50.4 Å². The van der Waals surface area contributed by atoms with Crippen LogP contribution in [0.2, 0.25) is 0 Å². The molecule has 2 saturated heterocycles. The normalized spacial score (nSPS) is 23.8. The van der Waals surface area contributed by atoms with Gasteiger partial charge in [-0.25, -0.2) is 14.5 Å². The summed E-state index contributed by atoms with van der Waals surface area (Å²) >= 11 is 0. The third-order valence-corrected chi connectivity index (χ3v) is 5.77. The van der Waals surface area contributed by atoms with Crippen molar-refractivity contribution in [1.82, 2.24) is 14.8 Å². The number of hydrogen-bond donors (Lipinski definition) is 1. The van der Waals surface area contributed by atoms with Crippen LogP contribution >= 0.6 is 0 Å². The summed E-state index contributed by atoms with van der Waals surface area (Å²) in [7, 11) is 0. The van der Waals surface area contributed by atoms with Gasteiger partial charge < -0.3 is 10.0 Å². The SMILES string of the molecule is Cc1cc(C[C@H]2C(=O)N(C(=O)N3CCCC3c3ccccc3)[C@@H]2C(=O)O)ccn1. The van der Waals surface area contributed by atoms with Gasteiger partial charge in [0.15, 0.2) is 6.04 Å². The lowest BCUT2D eigenvalue weighted by Gasteiger charge is -2.45. The van der Waals surface area contributed by atoms with E-state index >= 15 is 0 Å². The molecular weight excluding hydrogens is 370 g/mol. The van der Waals surface area contributed by atoms with Gasteiger partial charge in [0.25, 0.3) is 0 Å². The van der Waals surface area contributed by atoms with Gasteiger partial charge in [-0.1, -0.05) is 30.3 Å². The van der Waals surface area contributed by atoms with Gasteiger partial charge in [0.1, 0.15) is 0 Å². The number of pyridine rings is 1. The average Bonchev–Trinajstić information content (AvgIpc) is 3.20. The molecule has 2 aliphatic rings. The summed E-state index contributed by atoms with van der Waals surface area (Å²) in [5.41, 5.74) is 2.65. The first kappa shape index (κ1) is 19.1. The standard InChI is InChI=1S/C22H23N3O4/c1-14-12-15(9-10-23-14)13-17-19(21(27)28)25(20(17)26)22(29)24-11-5-8-18(24)16-6-3-2-4-7-16/h2-4,6-7,9-10,12,17-19H,5,8,11,13H2,1H3,(H,27,28)/t17-,18?,19+/m1/s1. The van der Waals surface area contributed by atoms with Crippen LogP contribution in [0, 0.1) is 12.8 Å². The maximum atomic E-state index is 13.1. The number of hydrogen-bond acceptors (Lipinski definition) is 4. The van der Waals surface area contributed by atoms with Crippen molar-refractivity contribution in [2.75, 3.05) is 6.54 Å². The van der Waals surface area contributed by atoms with Crippen LogP contribution in [0.25, 0.3) is 0 Å². The van der Waals surface area contributed by atoms with Crippen molar-refractivity contribution < 1.29 is 19.5 Å². The van der Waals surface area contributed by atoms with Gasteiger partial charge in [0.2, 0.25) is 5.91 Å². The molecule has 0 spiro atoms. The fourth-order valence-electron chi connectivity index (χ4n) is 4.38. The van der Waals surface area contributed by atoms with E-state index in [0.717, 1.165) is 34.6 Å². The third kappa shape index (κ3) is 3.48. The summed E-state index contributed by atoms with van der Waals surface area (Å²) in [6.45, 7) is 2.36. The minimum Gasteiger partial charge on any atom is -0.480 e. The molecule has 2 fully saturated rings. The number of benzene rings is 1. The van der Waals surface area contributed by atoms with E-state index in [1.54, 1.807) is 17.2 Å². The quantitative estimate of drug-likeness (QED) is 0.807. The van der Waals surface area contributed by atoms with Crippen molar-refractivity contribution in [3.05, 3.63) is 65.5 Å². The molecule has 0 radical (unpaired) electrons. The highest BCUT2D eigenvalue weighted by atomic mass is 16.4. The van der Waals surface area contributed by atoms with E-state index in [0.29, 0.717) is 6.54 Å². The Morgan fingerprint density at radius 2 is 1.97 bits per heavy atom. The highest BCUT2D eigenvalue weighted by Gasteiger charge is 2.56. The van der Waals surface area contributed by atoms with Crippen LogP contribution in [0.3, 0.4) is 0 Å². The van der Waals surface area contributed by atoms with E-state index in [9.17, 15) is 19.5 Å². The number of carbonyl (C=O) groups excluding carboxylic acids is 2. The number of imide groups is 1. The van der Waals surface area contributed by atoms with Crippen LogP contribution in [0.1, 0.15) is 35.7 Å². The number of carbonyl (C=O) groups is 3. The van der Waals surface area contributed by atoms with Gasteiger partial charge in [-0.15, -0.1) is 0 Å². The van der Waals surface area contributed by atoms with Crippen LogP contribution in [0.15, 0.2) is 48.7 Å². The number of aliphatic carboxylic acids is 1. The molecule has 3 atom stereocenters. The van der Waals surface area contributed by atoms with E-state index < -0.39 is 29.9 Å². The Balaban J connectivity index is 1.54. The van der Waals surface area contributed by atoms with Crippen molar-refractivity contribution in [2.45, 2.75) is 38.3 Å². The van der Waals surface area contributed by atoms with E-state index in [1.807, 2.05) is 43.3 Å². The first-order valence-electron chi connectivity index (χ1n) is 9.80. The van der Waals surface area contributed by atoms with Gasteiger partial charge >= 0.3 is 12.0 Å². The number of rotatable bonds is 4. The molecule has 7 nitrogen and oxygen atoms in total. The minimum atomic E-state index is -1.15. The second-order valence-corrected chi connectivity index (χ2v) is 7.65. The first-order valence-corrected chi connectivity index (χ1v) is 9.80. The highest BCUT2D eigenvalue weighted by molar-refractivity contribution is 6.07. The molecule has 2 aliphatic heterocycles. The largest absolute Gasteiger partial charge is 0.480 e. The summed E-state index contributed by atoms with van der Waals surface area (Å²) in [6, 6.07) is 11.5. The second kappa shape index (κ2) is 7.66. The number of β-lactam (4-membered cyclic amide) rings is 1. The fourth-order valence-corrected chi connectivity index (χ4v) is 4.38. The maximum absolute atomic E-state index is 13.1. The molecule has 4 rings (SSSR count). The van der Waals surface area contributed by atoms with Crippen molar-refractivity contribution in [3.8, 4) is 0 Å². The molecule has 29 heavy (non-hydrogen) atoms. The average molecular weight is 393 g/mol. The van der Waals surface area contributed by atoms with Gasteiger partial charge in [-0.05, 0) is 49.4 Å². The smallest absolute Gasteiger partial charge is 0.328 e. The Bertz CT molecular complexity index is 946. The zero-order chi connectivity index (χ0) is 20.5. The number of aryl methyl sites for hydroxylation is 1. The molecule has 1 aromatic carbocycles. The van der Waals surface area contributed by atoms with Gasteiger partial charge in [-0.3, -0.25) is 9.78 Å². The van der Waals surface area contributed by atoms with Gasteiger partial charge in [-0.2, -0.15) is 0 Å². The summed E-state index contributed by atoms with van der Waals surface area (Å²) in [6.07, 6.45) is 3.55. The molecule has 0 saturated carbocycles. The van der Waals surface area contributed by atoms with E-state index in [-0.39, 0.29) is 12.5 Å². The lowest BCUT2D eigenvalue weighted by atomic mass is 9.82. The zero-order valence-corrected chi connectivity index (χ0v) is 16.2. The number of carboxylic acids is 1. The molecule has 1 N–H and O–H groups in total. The number of nitrogens with zero attached hydrogens (tertiary/aromatic N) is 3. The van der Waals surface area contributed by atoms with Crippen LogP contribution in [0.4, 0.5) is 4.79 Å². The Labute approximate surface area is 169 Å². The zero-order valence-electron chi connectivity index (χ0n) is 16.2. The third-order valence-electron chi connectivity index (χ3n) is 5.77. The lowest BCUT2D eigenvalue weighted by Crippen LogP contribution is -2.68. The first-order chi connectivity index (χ1) is 14.0. The van der Waals surface area contributed by atoms with E-state index in [2.05, 4.69) is 4.98 Å². The lowest BCUT2D eigenvalue weighted by molar-refractivity contribution is -0.166. The molecule has 2 aromatic rings. The molecular formula is C22H23N3O4. The van der Waals surface area contributed by atoms with Crippen molar-refractivity contribution in [2.24, 2.45) is 5.92 Å². The van der Waals surface area contributed by atoms with Crippen molar-refractivity contribution >= 4 is 17.9 Å². The summed E-state index contributed by atoms with van der Waals surface area (Å²) < 4.78 is 0. The number of likely N-dealkylation sites (tertiary alicyclic amines) is 2. The Hall–Kier alpha value is -3.22. The second-order valence-electron chi connectivity index (χ2n) is 7.65. The van der Waals surface area contributed by atoms with E-state index in [1.165, 1.54) is 0 Å². The van der Waals surface area contributed by atoms with Crippen LogP contribution in [0.5, 0.6) is 0 Å². The maximum Gasteiger partial charge on any atom is 0.328 e. The molecule has 7 heteroatoms. The number of amides is 3. The van der Waals surface area contributed by atoms with Crippen molar-refractivity contribution in [1.29, 1.82) is 0 Å². The van der Waals surface area contributed by atoms with E-state index in [4.69, 9.17) is 0 Å². The minimum absolute atomic E-state index is 0.132. The topological polar surface area (TPSA) is 90.8 Å². The van der Waals surface area contributed by atoms with Crippen LogP contribution < -0.4 is 0 Å². The van der Waals surface area contributed by atoms with Gasteiger partial charge in [0.05, 0.1) is 12.0 Å². The Kier molecular flexibility index (Phi) is 5.05. The van der Waals surface area contributed by atoms with Crippen LogP contribution in [-0.2, 0) is 16.0 Å². The molecule has 1 unspecified atom stereocenters. The molecule has 0 aliphatic carbocycles. The predicted octanol–water partition coefficient (Wildman–Crippen LogP) is 2.80. The van der Waals surface area contributed by atoms with Gasteiger partial charge in [0, 0.05) is 18.4 Å². The summed E-state index contributed by atoms with van der Waals surface area (Å²) in [4.78, 5) is 44.5. The molecule has 3 heterocycles. The molecule has 150 valence electrons. The highest BCUT2D eigenvalue weighted by Crippen LogP contribution is 2.37. The van der Waals surface area contributed by atoms with Crippen molar-refractivity contribution in [3.63, 3.8) is 0 Å². The monoisotopic (exact) mass is 393 g/mol. The molecule has 0 bridgehead atoms. The number of urea groups is 1.